The maximum absolute atomic E-state index is 6.10. The molecule has 0 aromatic heterocycles. The van der Waals surface area contributed by atoms with Gasteiger partial charge in [0.05, 0.1) is 11.7 Å². The molecule has 16 heavy (non-hydrogen) atoms. The predicted octanol–water partition coefficient (Wildman–Crippen LogP) is 4.43. The minimum atomic E-state index is 0.0280. The summed E-state index contributed by atoms with van der Waals surface area (Å²) >= 11 is 3.53. The Hall–Kier alpha value is -0.340. The third-order valence-corrected chi connectivity index (χ3v) is 3.60. The van der Waals surface area contributed by atoms with Crippen LogP contribution in [0.4, 0.5) is 0 Å². The Kier molecular flexibility index (Phi) is 3.41. The van der Waals surface area contributed by atoms with Gasteiger partial charge < -0.3 is 4.74 Å². The number of hydrogen-bond acceptors (Lipinski definition) is 1. The van der Waals surface area contributed by atoms with Crippen LogP contribution in [0.15, 0.2) is 22.7 Å². The smallest absolute Gasteiger partial charge is 0.0939 e. The second-order valence-electron chi connectivity index (χ2n) is 4.82. The fourth-order valence-electron chi connectivity index (χ4n) is 2.31. The van der Waals surface area contributed by atoms with Gasteiger partial charge >= 0.3 is 0 Å². The molecule has 0 spiro atoms. The Bertz CT molecular complexity index is 380. The van der Waals surface area contributed by atoms with Crippen molar-refractivity contribution in [3.8, 4) is 0 Å². The fraction of sp³-hybridized carbons (Fsp3) is 0.571. The first kappa shape index (κ1) is 12.1. The maximum atomic E-state index is 6.10. The lowest BCUT2D eigenvalue weighted by Crippen LogP contribution is -2.18. The van der Waals surface area contributed by atoms with E-state index in [0.717, 1.165) is 10.9 Å². The van der Waals surface area contributed by atoms with E-state index in [2.05, 4.69) is 54.9 Å². The minimum absolute atomic E-state index is 0.0280. The lowest BCUT2D eigenvalue weighted by molar-refractivity contribution is -0.0147. The number of aryl methyl sites for hydroxylation is 1. The molecule has 2 rings (SSSR count). The highest BCUT2D eigenvalue weighted by Crippen LogP contribution is 2.51. The first-order valence-corrected chi connectivity index (χ1v) is 6.83. The molecule has 88 valence electrons. The molecule has 1 saturated carbocycles. The monoisotopic (exact) mass is 282 g/mol. The Morgan fingerprint density at radius 2 is 2.06 bits per heavy atom. The molecule has 1 aliphatic rings. The maximum Gasteiger partial charge on any atom is 0.0939 e. The van der Waals surface area contributed by atoms with Gasteiger partial charge in [0.2, 0.25) is 0 Å². The number of rotatable bonds is 4. The number of halogens is 1. The lowest BCUT2D eigenvalue weighted by atomic mass is 9.98. The molecule has 1 aromatic carbocycles. The highest BCUT2D eigenvalue weighted by atomic mass is 79.9. The van der Waals surface area contributed by atoms with E-state index in [1.807, 2.05) is 0 Å². The number of ether oxygens (including phenoxy) is 1. The van der Waals surface area contributed by atoms with Gasteiger partial charge in [-0.3, -0.25) is 0 Å². The van der Waals surface area contributed by atoms with Crippen molar-refractivity contribution in [2.24, 2.45) is 0 Å². The minimum Gasteiger partial charge on any atom is -0.368 e. The van der Waals surface area contributed by atoms with Crippen LogP contribution >= 0.6 is 15.9 Å². The van der Waals surface area contributed by atoms with Crippen molar-refractivity contribution in [3.63, 3.8) is 0 Å². The molecule has 2 heteroatoms. The van der Waals surface area contributed by atoms with Crippen molar-refractivity contribution >= 4 is 15.9 Å². The summed E-state index contributed by atoms with van der Waals surface area (Å²) in [6.45, 7) is 6.44. The molecule has 0 bridgehead atoms. The third kappa shape index (κ3) is 2.33. The van der Waals surface area contributed by atoms with Gasteiger partial charge in [0.15, 0.2) is 0 Å². The van der Waals surface area contributed by atoms with E-state index < -0.39 is 0 Å². The van der Waals surface area contributed by atoms with Gasteiger partial charge in [-0.15, -0.1) is 0 Å². The van der Waals surface area contributed by atoms with Gasteiger partial charge in [-0.1, -0.05) is 28.9 Å². The highest BCUT2D eigenvalue weighted by molar-refractivity contribution is 9.10. The Labute approximate surface area is 106 Å². The van der Waals surface area contributed by atoms with Gasteiger partial charge in [0.25, 0.3) is 0 Å². The molecule has 0 saturated heterocycles. The fourth-order valence-corrected chi connectivity index (χ4v) is 2.72. The zero-order valence-corrected chi connectivity index (χ0v) is 11.8. The van der Waals surface area contributed by atoms with Crippen LogP contribution in [0.2, 0.25) is 0 Å². The molecule has 0 heterocycles. The summed E-state index contributed by atoms with van der Waals surface area (Å²) < 4.78 is 7.26. The summed E-state index contributed by atoms with van der Waals surface area (Å²) in [6.07, 6.45) is 3.70. The van der Waals surface area contributed by atoms with Crippen molar-refractivity contribution < 1.29 is 4.74 Å². The van der Waals surface area contributed by atoms with Crippen molar-refractivity contribution in [1.82, 2.24) is 0 Å². The summed E-state index contributed by atoms with van der Waals surface area (Å²) in [5.41, 5.74) is 2.83. The van der Waals surface area contributed by atoms with E-state index in [1.165, 1.54) is 24.0 Å². The van der Waals surface area contributed by atoms with E-state index >= 15 is 0 Å². The predicted molar refractivity (Wildman–Crippen MR) is 70.7 cm³/mol. The Balaban J connectivity index is 2.33. The summed E-state index contributed by atoms with van der Waals surface area (Å²) in [5.74, 6) is 0. The van der Waals surface area contributed by atoms with Crippen molar-refractivity contribution in [1.29, 1.82) is 0 Å². The zero-order valence-electron chi connectivity index (χ0n) is 10.2. The largest absolute Gasteiger partial charge is 0.368 e. The van der Waals surface area contributed by atoms with E-state index in [1.54, 1.807) is 0 Å². The SMILES string of the molecule is CCc1cc(Br)ccc1C1(OC(C)C)CC1. The molecule has 0 unspecified atom stereocenters. The standard InChI is InChI=1S/C14H19BrO/c1-4-11-9-12(15)5-6-13(11)14(7-8-14)16-10(2)3/h5-6,9-10H,4,7-8H2,1-3H3. The highest BCUT2D eigenvalue weighted by Gasteiger charge is 2.47. The van der Waals surface area contributed by atoms with Gasteiger partial charge in [0, 0.05) is 4.47 Å². The lowest BCUT2D eigenvalue weighted by Gasteiger charge is -2.22. The van der Waals surface area contributed by atoms with Crippen LogP contribution in [0, 0.1) is 0 Å². The average molecular weight is 283 g/mol. The summed E-state index contributed by atoms with van der Waals surface area (Å²) in [6, 6.07) is 6.57. The number of hydrogen-bond donors (Lipinski definition) is 0. The zero-order chi connectivity index (χ0) is 11.8. The van der Waals surface area contributed by atoms with E-state index in [-0.39, 0.29) is 5.60 Å². The summed E-state index contributed by atoms with van der Waals surface area (Å²) in [5, 5.41) is 0. The Morgan fingerprint density at radius 3 is 2.56 bits per heavy atom. The molecular formula is C14H19BrO. The molecular weight excluding hydrogens is 264 g/mol. The van der Waals surface area contributed by atoms with Gasteiger partial charge in [0.1, 0.15) is 0 Å². The molecule has 1 fully saturated rings. The number of benzene rings is 1. The van der Waals surface area contributed by atoms with Crippen LogP contribution in [0.25, 0.3) is 0 Å². The second-order valence-corrected chi connectivity index (χ2v) is 5.73. The molecule has 0 radical (unpaired) electrons. The molecule has 1 aliphatic carbocycles. The van der Waals surface area contributed by atoms with Gasteiger partial charge in [-0.2, -0.15) is 0 Å². The normalized spacial score (nSPS) is 17.8. The van der Waals surface area contributed by atoms with E-state index in [9.17, 15) is 0 Å². The van der Waals surface area contributed by atoms with Crippen molar-refractivity contribution in [2.45, 2.75) is 51.7 Å². The van der Waals surface area contributed by atoms with Crippen LogP contribution < -0.4 is 0 Å². The molecule has 0 aliphatic heterocycles. The molecule has 1 nitrogen and oxygen atoms in total. The van der Waals surface area contributed by atoms with Crippen LogP contribution in [0.5, 0.6) is 0 Å². The first-order chi connectivity index (χ1) is 7.57. The Morgan fingerprint density at radius 1 is 1.38 bits per heavy atom. The summed E-state index contributed by atoms with van der Waals surface area (Å²) in [7, 11) is 0. The van der Waals surface area contributed by atoms with Crippen molar-refractivity contribution in [2.75, 3.05) is 0 Å². The van der Waals surface area contributed by atoms with Crippen molar-refractivity contribution in [3.05, 3.63) is 33.8 Å². The first-order valence-electron chi connectivity index (χ1n) is 6.04. The molecule has 0 N–H and O–H groups in total. The van der Waals surface area contributed by atoms with Gasteiger partial charge in [-0.05, 0) is 56.4 Å². The third-order valence-electron chi connectivity index (χ3n) is 3.10. The molecule has 1 aromatic rings. The topological polar surface area (TPSA) is 9.23 Å². The van der Waals surface area contributed by atoms with Crippen LogP contribution in [-0.2, 0) is 16.8 Å². The van der Waals surface area contributed by atoms with Gasteiger partial charge in [-0.25, -0.2) is 0 Å². The molecule has 0 amide bonds. The van der Waals surface area contributed by atoms with Crippen LogP contribution in [0.1, 0.15) is 44.7 Å². The van der Waals surface area contributed by atoms with Crippen LogP contribution in [0.3, 0.4) is 0 Å². The van der Waals surface area contributed by atoms with E-state index in [4.69, 9.17) is 4.74 Å². The quantitative estimate of drug-likeness (QED) is 0.794. The van der Waals surface area contributed by atoms with E-state index in [0.29, 0.717) is 6.10 Å². The summed E-state index contributed by atoms with van der Waals surface area (Å²) in [4.78, 5) is 0. The molecule has 0 atom stereocenters. The second kappa shape index (κ2) is 4.50. The average Bonchev–Trinajstić information content (AvgIpc) is 2.97. The van der Waals surface area contributed by atoms with Crippen LogP contribution in [-0.4, -0.2) is 6.10 Å².